The summed E-state index contributed by atoms with van der Waals surface area (Å²) in [5.74, 6) is 0.810. The Balaban J connectivity index is 2.21. The third kappa shape index (κ3) is 2.89. The second-order valence-electron chi connectivity index (χ2n) is 4.55. The minimum atomic E-state index is -0.531. The first kappa shape index (κ1) is 12.6. The Hall–Kier alpha value is -0.840. The molecular weight excluding hydrogens is 238 g/mol. The molecule has 0 radical (unpaired) electrons. The topological polar surface area (TPSA) is 48.4 Å². The Labute approximate surface area is 107 Å². The third-order valence-corrected chi connectivity index (χ3v) is 3.27. The summed E-state index contributed by atoms with van der Waals surface area (Å²) in [6.45, 7) is 6.60. The van der Waals surface area contributed by atoms with Crippen LogP contribution in [0, 0.1) is 0 Å². The van der Waals surface area contributed by atoms with Crippen LogP contribution in [-0.2, 0) is 0 Å². The first-order valence-corrected chi connectivity index (χ1v) is 6.27. The zero-order chi connectivity index (χ0) is 12.4. The molecule has 0 saturated carbocycles. The Kier molecular flexibility index (Phi) is 3.86. The number of nitrogens with one attached hydrogen (secondary N) is 1. The van der Waals surface area contributed by atoms with E-state index in [1.165, 1.54) is 0 Å². The lowest BCUT2D eigenvalue weighted by atomic mass is 10.2. The summed E-state index contributed by atoms with van der Waals surface area (Å²) in [5, 5.41) is 13.5. The monoisotopic (exact) mass is 255 g/mol. The first-order chi connectivity index (χ1) is 8.08. The molecule has 2 atom stereocenters. The van der Waals surface area contributed by atoms with Crippen molar-refractivity contribution in [1.82, 2.24) is 10.3 Å². The van der Waals surface area contributed by atoms with Gasteiger partial charge in [0.1, 0.15) is 5.82 Å². The second-order valence-corrected chi connectivity index (χ2v) is 4.96. The molecule has 1 saturated heterocycles. The molecular formula is C12H18ClN3O. The van der Waals surface area contributed by atoms with E-state index in [4.69, 9.17) is 11.6 Å². The molecule has 1 aromatic rings. The van der Waals surface area contributed by atoms with E-state index in [9.17, 15) is 5.11 Å². The maximum Gasteiger partial charge on any atom is 0.147 e. The molecule has 0 bridgehead atoms. The van der Waals surface area contributed by atoms with Gasteiger partial charge >= 0.3 is 0 Å². The van der Waals surface area contributed by atoms with Crippen molar-refractivity contribution >= 4 is 17.4 Å². The number of piperazine rings is 1. The van der Waals surface area contributed by atoms with Crippen molar-refractivity contribution < 1.29 is 5.11 Å². The summed E-state index contributed by atoms with van der Waals surface area (Å²) < 4.78 is 0. The van der Waals surface area contributed by atoms with Crippen molar-refractivity contribution in [3.8, 4) is 0 Å². The Morgan fingerprint density at radius 3 is 3.00 bits per heavy atom. The fourth-order valence-corrected chi connectivity index (χ4v) is 2.33. The van der Waals surface area contributed by atoms with Gasteiger partial charge in [-0.3, -0.25) is 0 Å². The third-order valence-electron chi connectivity index (χ3n) is 2.99. The van der Waals surface area contributed by atoms with Gasteiger partial charge in [0.25, 0.3) is 0 Å². The fourth-order valence-electron chi connectivity index (χ4n) is 2.03. The van der Waals surface area contributed by atoms with Crippen LogP contribution < -0.4 is 10.2 Å². The van der Waals surface area contributed by atoms with Gasteiger partial charge in [0.05, 0.1) is 11.1 Å². The van der Waals surface area contributed by atoms with E-state index in [-0.39, 0.29) is 0 Å². The number of halogens is 1. The van der Waals surface area contributed by atoms with E-state index >= 15 is 0 Å². The van der Waals surface area contributed by atoms with Crippen molar-refractivity contribution in [2.75, 3.05) is 24.5 Å². The van der Waals surface area contributed by atoms with Gasteiger partial charge in [-0.2, -0.15) is 0 Å². The van der Waals surface area contributed by atoms with Crippen LogP contribution in [0.15, 0.2) is 12.3 Å². The lowest BCUT2D eigenvalue weighted by Crippen LogP contribution is -2.49. The summed E-state index contributed by atoms with van der Waals surface area (Å²) >= 11 is 6.22. The average molecular weight is 256 g/mol. The van der Waals surface area contributed by atoms with Gasteiger partial charge < -0.3 is 15.3 Å². The minimum absolute atomic E-state index is 0.443. The number of rotatable bonds is 2. The summed E-state index contributed by atoms with van der Waals surface area (Å²) in [4.78, 5) is 6.54. The molecule has 4 nitrogen and oxygen atoms in total. The Morgan fingerprint density at radius 1 is 1.65 bits per heavy atom. The quantitative estimate of drug-likeness (QED) is 0.843. The molecule has 0 amide bonds. The van der Waals surface area contributed by atoms with Crippen LogP contribution in [0.3, 0.4) is 0 Å². The van der Waals surface area contributed by atoms with E-state index in [0.29, 0.717) is 11.1 Å². The van der Waals surface area contributed by atoms with Gasteiger partial charge in [-0.05, 0) is 19.9 Å². The number of anilines is 1. The minimum Gasteiger partial charge on any atom is -0.389 e. The number of aliphatic hydroxyl groups excluding tert-OH is 1. The molecule has 2 unspecified atom stereocenters. The van der Waals surface area contributed by atoms with Gasteiger partial charge in [-0.15, -0.1) is 0 Å². The van der Waals surface area contributed by atoms with Crippen LogP contribution in [0.1, 0.15) is 25.5 Å². The van der Waals surface area contributed by atoms with Gasteiger partial charge in [-0.1, -0.05) is 11.6 Å². The van der Waals surface area contributed by atoms with Crippen LogP contribution in [0.4, 0.5) is 5.82 Å². The van der Waals surface area contributed by atoms with Crippen molar-refractivity contribution in [3.63, 3.8) is 0 Å². The van der Waals surface area contributed by atoms with Crippen LogP contribution in [0.5, 0.6) is 0 Å². The second kappa shape index (κ2) is 5.21. The molecule has 5 heteroatoms. The highest BCUT2D eigenvalue weighted by molar-refractivity contribution is 6.33. The van der Waals surface area contributed by atoms with E-state index in [1.807, 2.05) is 0 Å². The maximum absolute atomic E-state index is 9.47. The maximum atomic E-state index is 9.47. The van der Waals surface area contributed by atoms with Crippen molar-refractivity contribution in [2.45, 2.75) is 26.0 Å². The van der Waals surface area contributed by atoms with Gasteiger partial charge in [-0.25, -0.2) is 4.98 Å². The Bertz CT molecular complexity index is 397. The van der Waals surface area contributed by atoms with Gasteiger partial charge in [0.15, 0.2) is 0 Å². The van der Waals surface area contributed by atoms with Crippen LogP contribution in [0.2, 0.25) is 5.02 Å². The SMILES string of the molecule is CC1CN(c2ncc(C(C)O)cc2Cl)CCN1. The molecule has 2 rings (SSSR count). The average Bonchev–Trinajstić information content (AvgIpc) is 2.28. The number of aromatic nitrogens is 1. The van der Waals surface area contributed by atoms with Crippen LogP contribution in [0.25, 0.3) is 0 Å². The molecule has 1 aliphatic heterocycles. The zero-order valence-electron chi connectivity index (χ0n) is 10.2. The molecule has 2 N–H and O–H groups in total. The molecule has 17 heavy (non-hydrogen) atoms. The number of hydrogen-bond donors (Lipinski definition) is 2. The van der Waals surface area contributed by atoms with E-state index in [1.54, 1.807) is 19.2 Å². The van der Waals surface area contributed by atoms with Crippen molar-refractivity contribution in [2.24, 2.45) is 0 Å². The molecule has 94 valence electrons. The normalized spacial score (nSPS) is 22.6. The molecule has 1 aromatic heterocycles. The van der Waals surface area contributed by atoms with E-state index in [0.717, 1.165) is 31.0 Å². The largest absolute Gasteiger partial charge is 0.389 e. The molecule has 0 aromatic carbocycles. The molecule has 0 aliphatic carbocycles. The highest BCUT2D eigenvalue weighted by Crippen LogP contribution is 2.26. The van der Waals surface area contributed by atoms with Crippen molar-refractivity contribution in [1.29, 1.82) is 0 Å². The van der Waals surface area contributed by atoms with Crippen LogP contribution in [-0.4, -0.2) is 35.8 Å². The predicted octanol–water partition coefficient (Wildman–Crippen LogP) is 1.59. The zero-order valence-corrected chi connectivity index (χ0v) is 10.9. The predicted molar refractivity (Wildman–Crippen MR) is 69.6 cm³/mol. The smallest absolute Gasteiger partial charge is 0.147 e. The number of hydrogen-bond acceptors (Lipinski definition) is 4. The standard InChI is InChI=1S/C12H18ClN3O/c1-8-7-16(4-3-14-8)12-11(13)5-10(6-15-12)9(2)17/h5-6,8-9,14,17H,3-4,7H2,1-2H3. The summed E-state index contributed by atoms with van der Waals surface area (Å²) in [6, 6.07) is 2.24. The molecule has 2 heterocycles. The molecule has 1 aliphatic rings. The summed E-state index contributed by atoms with van der Waals surface area (Å²) in [7, 11) is 0. The number of nitrogens with zero attached hydrogens (tertiary/aromatic N) is 2. The summed E-state index contributed by atoms with van der Waals surface area (Å²) in [6.07, 6.45) is 1.16. The fraction of sp³-hybridized carbons (Fsp3) is 0.583. The van der Waals surface area contributed by atoms with Crippen molar-refractivity contribution in [3.05, 3.63) is 22.8 Å². The van der Waals surface area contributed by atoms with E-state index in [2.05, 4.69) is 22.1 Å². The number of pyridine rings is 1. The van der Waals surface area contributed by atoms with Gasteiger partial charge in [0, 0.05) is 37.4 Å². The van der Waals surface area contributed by atoms with Gasteiger partial charge in [0.2, 0.25) is 0 Å². The molecule has 0 spiro atoms. The highest BCUT2D eigenvalue weighted by Gasteiger charge is 2.19. The Morgan fingerprint density at radius 2 is 2.41 bits per heavy atom. The molecule has 1 fully saturated rings. The van der Waals surface area contributed by atoms with Crippen LogP contribution >= 0.6 is 11.6 Å². The highest BCUT2D eigenvalue weighted by atomic mass is 35.5. The summed E-state index contributed by atoms with van der Waals surface area (Å²) in [5.41, 5.74) is 0.752. The first-order valence-electron chi connectivity index (χ1n) is 5.89. The van der Waals surface area contributed by atoms with E-state index < -0.39 is 6.10 Å². The number of aliphatic hydroxyl groups is 1. The lowest BCUT2D eigenvalue weighted by molar-refractivity contribution is 0.199. The lowest BCUT2D eigenvalue weighted by Gasteiger charge is -2.33.